The van der Waals surface area contributed by atoms with E-state index in [0.717, 1.165) is 23.4 Å². The van der Waals surface area contributed by atoms with E-state index >= 15 is 0 Å². The number of aromatic nitrogens is 4. The van der Waals surface area contributed by atoms with Crippen molar-refractivity contribution in [2.75, 3.05) is 0 Å². The summed E-state index contributed by atoms with van der Waals surface area (Å²) in [4.78, 5) is 41.0. The van der Waals surface area contributed by atoms with Gasteiger partial charge >= 0.3 is 5.69 Å². The molecule has 2 amide bonds. The Labute approximate surface area is 233 Å². The molecular weight excluding hydrogens is 530 g/mol. The van der Waals surface area contributed by atoms with Gasteiger partial charge in [0.1, 0.15) is 17.5 Å². The second-order valence-electron chi connectivity index (χ2n) is 9.50. The quantitative estimate of drug-likeness (QED) is 0.300. The number of carbonyl (C=O) groups is 2. The molecule has 0 saturated heterocycles. The highest BCUT2D eigenvalue weighted by Gasteiger charge is 2.19. The molecule has 0 unspecified atom stereocenters. The van der Waals surface area contributed by atoms with E-state index in [2.05, 4.69) is 10.1 Å². The Morgan fingerprint density at radius 1 is 1.02 bits per heavy atom. The third kappa shape index (κ3) is 5.09. The van der Waals surface area contributed by atoms with Crippen LogP contribution >= 0.6 is 0 Å². The van der Waals surface area contributed by atoms with Crippen molar-refractivity contribution in [3.8, 4) is 16.9 Å². The second-order valence-corrected chi connectivity index (χ2v) is 9.50. The highest BCUT2D eigenvalue weighted by molar-refractivity contribution is 6.09. The molecule has 2 heterocycles. The maximum atomic E-state index is 14.6. The van der Waals surface area contributed by atoms with Crippen molar-refractivity contribution in [1.82, 2.24) is 18.9 Å². The Balaban J connectivity index is 1.49. The average Bonchev–Trinajstić information content (AvgIpc) is 3.43. The topological polar surface area (TPSA) is 117 Å². The average molecular weight is 557 g/mol. The molecule has 0 atom stereocenters. The molecule has 2 aromatic heterocycles. The molecule has 0 fully saturated rings. The first-order valence-corrected chi connectivity index (χ1v) is 12.8. The first-order valence-electron chi connectivity index (χ1n) is 12.8. The van der Waals surface area contributed by atoms with Crippen LogP contribution in [0.15, 0.2) is 70.5 Å². The largest absolute Gasteiger partial charge is 0.366 e. The van der Waals surface area contributed by atoms with E-state index < -0.39 is 23.4 Å². The molecule has 0 spiro atoms. The predicted molar refractivity (Wildman–Crippen MR) is 152 cm³/mol. The van der Waals surface area contributed by atoms with Gasteiger partial charge in [-0.15, -0.1) is 0 Å². The first-order chi connectivity index (χ1) is 19.6. The highest BCUT2D eigenvalue weighted by Crippen LogP contribution is 2.32. The fourth-order valence-corrected chi connectivity index (χ4v) is 4.97. The summed E-state index contributed by atoms with van der Waals surface area (Å²) in [5.41, 5.74) is 8.08. The molecule has 0 aliphatic carbocycles. The predicted octanol–water partition coefficient (Wildman–Crippen LogP) is 4.35. The molecule has 9 nitrogen and oxygen atoms in total. The summed E-state index contributed by atoms with van der Waals surface area (Å²) < 4.78 is 33.1. The van der Waals surface area contributed by atoms with E-state index in [4.69, 9.17) is 5.73 Å². The number of carbonyl (C=O) groups excluding carboxylic acids is 2. The van der Waals surface area contributed by atoms with Gasteiger partial charge in [0.25, 0.3) is 11.8 Å². The molecule has 208 valence electrons. The molecule has 5 rings (SSSR count). The van der Waals surface area contributed by atoms with Crippen LogP contribution < -0.4 is 11.4 Å². The van der Waals surface area contributed by atoms with Gasteiger partial charge < -0.3 is 10.3 Å². The van der Waals surface area contributed by atoms with E-state index in [1.807, 2.05) is 29.7 Å². The molecular formula is C30H26F2N6O3. The number of hydrogen-bond donors (Lipinski definition) is 1. The third-order valence-corrected chi connectivity index (χ3v) is 6.84. The zero-order valence-electron chi connectivity index (χ0n) is 22.6. The molecule has 0 bridgehead atoms. The summed E-state index contributed by atoms with van der Waals surface area (Å²) in [7, 11) is 1.59. The number of amides is 2. The van der Waals surface area contributed by atoms with E-state index in [-0.39, 0.29) is 23.2 Å². The van der Waals surface area contributed by atoms with Gasteiger partial charge in [-0.05, 0) is 67.4 Å². The van der Waals surface area contributed by atoms with Crippen LogP contribution in [0.4, 0.5) is 8.78 Å². The standard InChI is InChI=1S/C30H26F2N6O3/c1-4-37-26(19-6-8-22(9-7-19)38-17(2)35-36(3)30(38)41)15-20-14-21(31)16-24(27(20)37)29(40)34-12-11-18-5-10-25(32)23(13-18)28(33)39/h5-10,12-16H,4,11H2,1-3H3,(H2,33,39)/b34-12+. The zero-order valence-corrected chi connectivity index (χ0v) is 22.6. The zero-order chi connectivity index (χ0) is 29.4. The van der Waals surface area contributed by atoms with Gasteiger partial charge in [0.05, 0.1) is 22.3 Å². The van der Waals surface area contributed by atoms with Crippen molar-refractivity contribution in [1.29, 1.82) is 0 Å². The van der Waals surface area contributed by atoms with Crippen LogP contribution in [-0.2, 0) is 20.0 Å². The van der Waals surface area contributed by atoms with E-state index in [1.54, 1.807) is 26.1 Å². The number of aryl methyl sites for hydroxylation is 3. The number of nitrogens with two attached hydrogens (primary N) is 1. The molecule has 0 aliphatic rings. The Hall–Kier alpha value is -5.19. The smallest absolute Gasteiger partial charge is 0.350 e. The summed E-state index contributed by atoms with van der Waals surface area (Å²) >= 11 is 0. The first kappa shape index (κ1) is 27.4. The SMILES string of the molecule is CCn1c(-c2ccc(-n3c(C)nn(C)c3=O)cc2)cc2cc(F)cc(C(=O)/N=C/Cc3ccc(F)c(C(N)=O)c3)c21. The van der Waals surface area contributed by atoms with Gasteiger partial charge in [-0.25, -0.2) is 27.8 Å². The lowest BCUT2D eigenvalue weighted by atomic mass is 10.1. The maximum Gasteiger partial charge on any atom is 0.350 e. The van der Waals surface area contributed by atoms with Crippen LogP contribution in [0.1, 0.15) is 39.0 Å². The molecule has 41 heavy (non-hydrogen) atoms. The lowest BCUT2D eigenvalue weighted by Crippen LogP contribution is -2.21. The Kier molecular flexibility index (Phi) is 7.19. The van der Waals surface area contributed by atoms with Gasteiger partial charge in [0, 0.05) is 37.3 Å². The number of benzene rings is 3. The molecule has 0 saturated carbocycles. The number of fused-ring (bicyclic) bond motifs is 1. The molecule has 11 heteroatoms. The lowest BCUT2D eigenvalue weighted by molar-refractivity contribution is 0.0990. The van der Waals surface area contributed by atoms with Crippen LogP contribution in [0.25, 0.3) is 27.8 Å². The number of primary amides is 1. The molecule has 3 aromatic carbocycles. The van der Waals surface area contributed by atoms with E-state index in [0.29, 0.717) is 34.5 Å². The molecule has 5 aromatic rings. The minimum atomic E-state index is -0.897. The molecule has 0 aliphatic heterocycles. The number of hydrogen-bond acceptors (Lipinski definition) is 4. The normalized spacial score (nSPS) is 11.5. The minimum Gasteiger partial charge on any atom is -0.366 e. The number of rotatable bonds is 7. The van der Waals surface area contributed by atoms with Crippen molar-refractivity contribution in [3.05, 3.63) is 105 Å². The van der Waals surface area contributed by atoms with Crippen LogP contribution in [0, 0.1) is 18.6 Å². The fraction of sp³-hybridized carbons (Fsp3) is 0.167. The Morgan fingerprint density at radius 3 is 2.39 bits per heavy atom. The van der Waals surface area contributed by atoms with Crippen molar-refractivity contribution >= 4 is 28.9 Å². The maximum absolute atomic E-state index is 14.6. The molecule has 0 radical (unpaired) electrons. The minimum absolute atomic E-state index is 0.0930. The van der Waals surface area contributed by atoms with E-state index in [1.165, 1.54) is 33.7 Å². The van der Waals surface area contributed by atoms with Crippen molar-refractivity contribution in [2.24, 2.45) is 17.8 Å². The fourth-order valence-electron chi connectivity index (χ4n) is 4.97. The van der Waals surface area contributed by atoms with Crippen molar-refractivity contribution in [2.45, 2.75) is 26.8 Å². The molecule has 2 N–H and O–H groups in total. The van der Waals surface area contributed by atoms with Crippen molar-refractivity contribution < 1.29 is 18.4 Å². The summed E-state index contributed by atoms with van der Waals surface area (Å²) in [6.07, 6.45) is 1.47. The van der Waals surface area contributed by atoms with Gasteiger partial charge in [0.2, 0.25) is 0 Å². The summed E-state index contributed by atoms with van der Waals surface area (Å²) in [5, 5.41) is 4.70. The second kappa shape index (κ2) is 10.8. The summed E-state index contributed by atoms with van der Waals surface area (Å²) in [6.45, 7) is 4.16. The van der Waals surface area contributed by atoms with Gasteiger partial charge in [-0.3, -0.25) is 9.59 Å². The van der Waals surface area contributed by atoms with Crippen LogP contribution in [-0.4, -0.2) is 36.9 Å². The van der Waals surface area contributed by atoms with Crippen LogP contribution in [0.2, 0.25) is 0 Å². The third-order valence-electron chi connectivity index (χ3n) is 6.84. The number of nitrogens with zero attached hydrogens (tertiary/aromatic N) is 5. The Morgan fingerprint density at radius 2 is 1.76 bits per heavy atom. The Bertz CT molecular complexity index is 1920. The number of aliphatic imine (C=N–C) groups is 1. The van der Waals surface area contributed by atoms with Gasteiger partial charge in [-0.2, -0.15) is 5.10 Å². The summed E-state index contributed by atoms with van der Waals surface area (Å²) in [5.74, 6) is -2.30. The van der Waals surface area contributed by atoms with Crippen LogP contribution in [0.5, 0.6) is 0 Å². The van der Waals surface area contributed by atoms with Gasteiger partial charge in [-0.1, -0.05) is 18.2 Å². The van der Waals surface area contributed by atoms with E-state index in [9.17, 15) is 23.2 Å². The highest BCUT2D eigenvalue weighted by atomic mass is 19.1. The lowest BCUT2D eigenvalue weighted by Gasteiger charge is -2.11. The number of halogens is 2. The monoisotopic (exact) mass is 556 g/mol. The summed E-state index contributed by atoms with van der Waals surface area (Å²) in [6, 6.07) is 15.5. The van der Waals surface area contributed by atoms with Crippen LogP contribution in [0.3, 0.4) is 0 Å². The van der Waals surface area contributed by atoms with Crippen molar-refractivity contribution in [3.63, 3.8) is 0 Å². The van der Waals surface area contributed by atoms with Gasteiger partial charge in [0.15, 0.2) is 0 Å².